The minimum Gasteiger partial charge on any atom is -0.435 e. The van der Waals surface area contributed by atoms with Crippen molar-refractivity contribution >= 4 is 70.1 Å². The molecule has 2 heterocycles. The average molecular weight is 669 g/mol. The van der Waals surface area contributed by atoms with Crippen molar-refractivity contribution in [1.82, 2.24) is 4.98 Å². The number of rotatable bonds is 5. The standard InChI is InChI=1S/C47H28N2OS/c1-2-9-29(10-3-1)30-17-21-33(22-18-30)49(35-25-26-38-37-13-6-7-16-42(37)51-43(38)28-35)34-23-19-31(20-24-34)47-48-45-41-27-32-11-4-5-12-36(32)39-14-8-15-40(44(39)41)46(45)50-47/h1-28H. The number of benzene rings is 8. The van der Waals surface area contributed by atoms with Crippen LogP contribution in [0, 0.1) is 0 Å². The molecular formula is C47H28N2OS. The van der Waals surface area contributed by atoms with Crippen LogP contribution in [0.3, 0.4) is 0 Å². The molecule has 238 valence electrons. The Balaban J connectivity index is 1.00. The van der Waals surface area contributed by atoms with Crippen molar-refractivity contribution in [3.8, 4) is 45.2 Å². The molecule has 0 bridgehead atoms. The van der Waals surface area contributed by atoms with Gasteiger partial charge in [0.2, 0.25) is 5.89 Å². The van der Waals surface area contributed by atoms with Crippen LogP contribution in [-0.2, 0) is 0 Å². The van der Waals surface area contributed by atoms with E-state index in [9.17, 15) is 0 Å². The third kappa shape index (κ3) is 4.40. The zero-order valence-corrected chi connectivity index (χ0v) is 28.2. The fraction of sp³-hybridized carbons (Fsp3) is 0. The quantitative estimate of drug-likeness (QED) is 0.171. The molecule has 8 aromatic carbocycles. The lowest BCUT2D eigenvalue weighted by Crippen LogP contribution is -2.09. The van der Waals surface area contributed by atoms with E-state index >= 15 is 0 Å². The highest BCUT2D eigenvalue weighted by Gasteiger charge is 2.29. The summed E-state index contributed by atoms with van der Waals surface area (Å²) in [5.74, 6) is 1.48. The molecule has 0 saturated heterocycles. The molecule has 2 aromatic heterocycles. The van der Waals surface area contributed by atoms with Crippen molar-refractivity contribution in [2.75, 3.05) is 4.90 Å². The van der Waals surface area contributed by atoms with Crippen LogP contribution in [-0.4, -0.2) is 4.98 Å². The van der Waals surface area contributed by atoms with Gasteiger partial charge in [-0.2, -0.15) is 0 Å². The summed E-state index contributed by atoms with van der Waals surface area (Å²) in [4.78, 5) is 7.45. The summed E-state index contributed by atoms with van der Waals surface area (Å²) in [6.45, 7) is 0. The number of hydrogen-bond donors (Lipinski definition) is 0. The van der Waals surface area contributed by atoms with E-state index in [-0.39, 0.29) is 0 Å². The SMILES string of the molecule is c1ccc(-c2ccc(N(c3ccc(-c4nc5c(o4)-c4cccc6c4c-5cc4ccccc46)cc3)c3ccc4c(c3)sc3ccccc34)cc2)cc1. The molecule has 0 atom stereocenters. The van der Waals surface area contributed by atoms with Gasteiger partial charge in [-0.05, 0) is 87.9 Å². The van der Waals surface area contributed by atoms with E-state index in [1.165, 1.54) is 52.8 Å². The third-order valence-electron chi connectivity index (χ3n) is 10.2. The first-order chi connectivity index (χ1) is 25.3. The highest BCUT2D eigenvalue weighted by Crippen LogP contribution is 2.50. The Labute approximate surface area is 298 Å². The summed E-state index contributed by atoms with van der Waals surface area (Å²) in [7, 11) is 0. The predicted molar refractivity (Wildman–Crippen MR) is 214 cm³/mol. The molecule has 0 spiro atoms. The second-order valence-corrected chi connectivity index (χ2v) is 14.2. The van der Waals surface area contributed by atoms with E-state index in [0.29, 0.717) is 5.89 Å². The molecule has 11 rings (SSSR count). The largest absolute Gasteiger partial charge is 0.435 e. The number of fused-ring (bicyclic) bond motifs is 8. The van der Waals surface area contributed by atoms with Crippen LogP contribution in [0.5, 0.6) is 0 Å². The molecule has 0 unspecified atom stereocenters. The van der Waals surface area contributed by atoms with Crippen molar-refractivity contribution in [1.29, 1.82) is 0 Å². The van der Waals surface area contributed by atoms with Crippen molar-refractivity contribution in [3.05, 3.63) is 170 Å². The number of anilines is 3. The topological polar surface area (TPSA) is 29.3 Å². The zero-order valence-electron chi connectivity index (χ0n) is 27.4. The molecule has 0 N–H and O–H groups in total. The van der Waals surface area contributed by atoms with E-state index in [1.54, 1.807) is 0 Å². The molecule has 1 aliphatic carbocycles. The second-order valence-electron chi connectivity index (χ2n) is 13.1. The fourth-order valence-electron chi connectivity index (χ4n) is 7.83. The normalized spacial score (nSPS) is 11.9. The van der Waals surface area contributed by atoms with Gasteiger partial charge in [-0.15, -0.1) is 11.3 Å². The maximum Gasteiger partial charge on any atom is 0.227 e. The molecular weight excluding hydrogens is 641 g/mol. The van der Waals surface area contributed by atoms with Crippen LogP contribution >= 0.6 is 11.3 Å². The van der Waals surface area contributed by atoms with E-state index in [4.69, 9.17) is 9.40 Å². The Bertz CT molecular complexity index is 2960. The van der Waals surface area contributed by atoms with E-state index in [2.05, 4.69) is 175 Å². The lowest BCUT2D eigenvalue weighted by molar-refractivity contribution is 0.590. The third-order valence-corrected chi connectivity index (χ3v) is 11.4. The molecule has 4 heteroatoms. The van der Waals surface area contributed by atoms with Crippen LogP contribution in [0.4, 0.5) is 17.1 Å². The molecule has 0 fully saturated rings. The van der Waals surface area contributed by atoms with Gasteiger partial charge in [-0.1, -0.05) is 109 Å². The average Bonchev–Trinajstić information content (AvgIpc) is 3.88. The molecule has 0 radical (unpaired) electrons. The minimum atomic E-state index is 0.632. The van der Waals surface area contributed by atoms with Gasteiger partial charge in [-0.25, -0.2) is 4.98 Å². The Hall–Kier alpha value is -6.49. The highest BCUT2D eigenvalue weighted by atomic mass is 32.1. The molecule has 51 heavy (non-hydrogen) atoms. The molecule has 3 nitrogen and oxygen atoms in total. The van der Waals surface area contributed by atoms with Crippen molar-refractivity contribution in [2.45, 2.75) is 0 Å². The highest BCUT2D eigenvalue weighted by molar-refractivity contribution is 7.25. The van der Waals surface area contributed by atoms with E-state index in [0.717, 1.165) is 45.2 Å². The van der Waals surface area contributed by atoms with Gasteiger partial charge in [0.25, 0.3) is 0 Å². The Kier molecular flexibility index (Phi) is 6.12. The van der Waals surface area contributed by atoms with Gasteiger partial charge in [-0.3, -0.25) is 0 Å². The number of oxazole rings is 1. The van der Waals surface area contributed by atoms with Crippen LogP contribution < -0.4 is 4.90 Å². The maximum atomic E-state index is 6.59. The summed E-state index contributed by atoms with van der Waals surface area (Å²) in [5.41, 5.74) is 9.78. The van der Waals surface area contributed by atoms with Gasteiger partial charge in [0.15, 0.2) is 5.76 Å². The van der Waals surface area contributed by atoms with Gasteiger partial charge >= 0.3 is 0 Å². The Morgan fingerprint density at radius 1 is 0.451 bits per heavy atom. The fourth-order valence-corrected chi connectivity index (χ4v) is 8.97. The summed E-state index contributed by atoms with van der Waals surface area (Å²) >= 11 is 1.84. The van der Waals surface area contributed by atoms with Gasteiger partial charge < -0.3 is 9.32 Å². The number of thiophene rings is 1. The van der Waals surface area contributed by atoms with Crippen molar-refractivity contribution in [2.24, 2.45) is 0 Å². The van der Waals surface area contributed by atoms with Crippen LogP contribution in [0.15, 0.2) is 174 Å². The first-order valence-corrected chi connectivity index (χ1v) is 18.0. The molecule has 0 saturated carbocycles. The summed E-state index contributed by atoms with van der Waals surface area (Å²) < 4.78 is 9.17. The molecule has 0 aliphatic heterocycles. The van der Waals surface area contributed by atoms with Gasteiger partial charge in [0, 0.05) is 59.3 Å². The molecule has 10 aromatic rings. The number of hydrogen-bond acceptors (Lipinski definition) is 4. The van der Waals surface area contributed by atoms with Crippen LogP contribution in [0.1, 0.15) is 0 Å². The predicted octanol–water partition coefficient (Wildman–Crippen LogP) is 13.8. The van der Waals surface area contributed by atoms with E-state index < -0.39 is 0 Å². The summed E-state index contributed by atoms with van der Waals surface area (Å²) in [6.07, 6.45) is 0. The first-order valence-electron chi connectivity index (χ1n) is 17.2. The van der Waals surface area contributed by atoms with Crippen molar-refractivity contribution in [3.63, 3.8) is 0 Å². The summed E-state index contributed by atoms with van der Waals surface area (Å²) in [6, 6.07) is 60.8. The van der Waals surface area contributed by atoms with Crippen LogP contribution in [0.2, 0.25) is 0 Å². The molecule has 1 aliphatic rings. The van der Waals surface area contributed by atoms with Gasteiger partial charge in [0.05, 0.1) is 0 Å². The monoisotopic (exact) mass is 668 g/mol. The Morgan fingerprint density at radius 2 is 1.10 bits per heavy atom. The summed E-state index contributed by atoms with van der Waals surface area (Å²) in [5, 5.41) is 7.53. The molecule has 0 amide bonds. The minimum absolute atomic E-state index is 0.632. The van der Waals surface area contributed by atoms with Gasteiger partial charge in [0.1, 0.15) is 5.69 Å². The zero-order chi connectivity index (χ0) is 33.5. The van der Waals surface area contributed by atoms with E-state index in [1.807, 2.05) is 11.3 Å². The first kappa shape index (κ1) is 28.4. The number of aromatic nitrogens is 1. The van der Waals surface area contributed by atoms with Crippen molar-refractivity contribution < 1.29 is 4.42 Å². The lowest BCUT2D eigenvalue weighted by atomic mass is 9.97. The lowest BCUT2D eigenvalue weighted by Gasteiger charge is -2.26. The smallest absolute Gasteiger partial charge is 0.227 e. The maximum absolute atomic E-state index is 6.59. The number of nitrogens with zero attached hydrogens (tertiary/aromatic N) is 2. The van der Waals surface area contributed by atoms with Crippen LogP contribution in [0.25, 0.3) is 86.9 Å². The Morgan fingerprint density at radius 3 is 1.92 bits per heavy atom. The second kappa shape index (κ2) is 11.0.